The molecule has 0 bridgehead atoms. The predicted molar refractivity (Wildman–Crippen MR) is 113 cm³/mol. The number of nitrogens with one attached hydrogen (secondary N) is 2. The Morgan fingerprint density at radius 3 is 2.25 bits per heavy atom. The van der Waals surface area contributed by atoms with E-state index in [0.29, 0.717) is 32.2 Å². The molecule has 0 spiro atoms. The van der Waals surface area contributed by atoms with Crippen LogP contribution < -0.4 is 27.8 Å². The lowest BCUT2D eigenvalue weighted by atomic mass is 10.0. The molecule has 10 N–H and O–H groups in total. The van der Waals surface area contributed by atoms with Crippen molar-refractivity contribution in [3.05, 3.63) is 0 Å². The fraction of sp³-hybridized carbons (Fsp3) is 0.737. The number of nitrogens with two attached hydrogens (primary N) is 3. The van der Waals surface area contributed by atoms with E-state index in [2.05, 4.69) is 10.6 Å². The molecular weight excluding hydrogens is 424 g/mol. The van der Waals surface area contributed by atoms with Gasteiger partial charge in [0.1, 0.15) is 24.2 Å². The van der Waals surface area contributed by atoms with E-state index in [0.717, 1.165) is 0 Å². The number of aliphatic carboxylic acids is 1. The van der Waals surface area contributed by atoms with Gasteiger partial charge in [0.2, 0.25) is 23.6 Å². The van der Waals surface area contributed by atoms with E-state index >= 15 is 0 Å². The number of nitrogens with zero attached hydrogens (tertiary/aromatic N) is 1. The highest BCUT2D eigenvalue weighted by molar-refractivity contribution is 5.94. The van der Waals surface area contributed by atoms with E-state index < -0.39 is 60.4 Å². The number of carbonyl (C=O) groups excluding carboxylic acids is 4. The first-order valence-electron chi connectivity index (χ1n) is 10.6. The van der Waals surface area contributed by atoms with Crippen molar-refractivity contribution in [2.24, 2.45) is 17.2 Å². The van der Waals surface area contributed by atoms with E-state index in [9.17, 15) is 29.1 Å². The Morgan fingerprint density at radius 1 is 1.03 bits per heavy atom. The lowest BCUT2D eigenvalue weighted by molar-refractivity contribution is -0.149. The minimum Gasteiger partial charge on any atom is -0.480 e. The quantitative estimate of drug-likeness (QED) is 0.129. The first-order chi connectivity index (χ1) is 15.1. The molecule has 1 saturated heterocycles. The van der Waals surface area contributed by atoms with Gasteiger partial charge in [0.25, 0.3) is 0 Å². The number of carboxylic acid groups (broad SMARTS) is 1. The van der Waals surface area contributed by atoms with Crippen molar-refractivity contribution < 1.29 is 34.2 Å². The van der Waals surface area contributed by atoms with E-state index in [-0.39, 0.29) is 25.8 Å². The summed E-state index contributed by atoms with van der Waals surface area (Å²) in [7, 11) is 0. The zero-order valence-corrected chi connectivity index (χ0v) is 18.0. The predicted octanol–water partition coefficient (Wildman–Crippen LogP) is -3.25. The van der Waals surface area contributed by atoms with Crippen molar-refractivity contribution in [2.75, 3.05) is 19.7 Å². The lowest BCUT2D eigenvalue weighted by Gasteiger charge is -2.29. The van der Waals surface area contributed by atoms with Gasteiger partial charge in [-0.15, -0.1) is 0 Å². The van der Waals surface area contributed by atoms with Gasteiger partial charge in [-0.25, -0.2) is 4.79 Å². The number of likely N-dealkylation sites (tertiary alicyclic amines) is 1. The Morgan fingerprint density at radius 2 is 1.69 bits per heavy atom. The number of carboxylic acids is 1. The van der Waals surface area contributed by atoms with Crippen molar-refractivity contribution in [1.82, 2.24) is 15.5 Å². The molecule has 4 unspecified atom stereocenters. The van der Waals surface area contributed by atoms with Crippen molar-refractivity contribution in [1.29, 1.82) is 0 Å². The molecular formula is C19H34N6O7. The summed E-state index contributed by atoms with van der Waals surface area (Å²) in [5.74, 6) is -3.91. The third kappa shape index (κ3) is 8.40. The van der Waals surface area contributed by atoms with Crippen LogP contribution in [0.2, 0.25) is 0 Å². The Hall–Kier alpha value is -2.77. The third-order valence-corrected chi connectivity index (χ3v) is 5.23. The number of hydrogen-bond donors (Lipinski definition) is 7. The second-order valence-electron chi connectivity index (χ2n) is 7.73. The SMILES string of the molecule is NCCCCC(NC(=O)C(CCC(N)=O)NC(=O)C(N)CO)C(=O)N1CCCC1C(=O)O. The van der Waals surface area contributed by atoms with Gasteiger partial charge in [0.05, 0.1) is 6.61 Å². The monoisotopic (exact) mass is 458 g/mol. The van der Waals surface area contributed by atoms with Crippen LogP contribution in [0.3, 0.4) is 0 Å². The highest BCUT2D eigenvalue weighted by Crippen LogP contribution is 2.20. The van der Waals surface area contributed by atoms with Crippen LogP contribution in [0.25, 0.3) is 0 Å². The molecule has 0 aromatic carbocycles. The standard InChI is InChI=1S/C19H34N6O7/c20-8-2-1-4-13(18(30)25-9-3-5-14(25)19(31)32)24-17(29)12(6-7-15(22)27)23-16(28)11(21)10-26/h11-14,26H,1-10,20-21H2,(H2,22,27)(H,23,28)(H,24,29)(H,31,32). The van der Waals surface area contributed by atoms with E-state index in [1.807, 2.05) is 0 Å². The molecule has 32 heavy (non-hydrogen) atoms. The Bertz CT molecular complexity index is 689. The van der Waals surface area contributed by atoms with Crippen LogP contribution in [0, 0.1) is 0 Å². The second kappa shape index (κ2) is 13.6. The van der Waals surface area contributed by atoms with Crippen LogP contribution in [-0.4, -0.2) is 88.6 Å². The van der Waals surface area contributed by atoms with Gasteiger partial charge in [-0.2, -0.15) is 0 Å². The summed E-state index contributed by atoms with van der Waals surface area (Å²) in [6.45, 7) is -0.0132. The summed E-state index contributed by atoms with van der Waals surface area (Å²) in [6.07, 6.45) is 1.81. The van der Waals surface area contributed by atoms with Crippen LogP contribution >= 0.6 is 0 Å². The maximum Gasteiger partial charge on any atom is 0.326 e. The number of aliphatic hydroxyl groups excluding tert-OH is 1. The van der Waals surface area contributed by atoms with Gasteiger partial charge in [-0.1, -0.05) is 0 Å². The number of carbonyl (C=O) groups is 5. The van der Waals surface area contributed by atoms with Crippen molar-refractivity contribution in [3.8, 4) is 0 Å². The van der Waals surface area contributed by atoms with Crippen molar-refractivity contribution in [2.45, 2.75) is 69.1 Å². The van der Waals surface area contributed by atoms with Gasteiger partial charge < -0.3 is 42.9 Å². The summed E-state index contributed by atoms with van der Waals surface area (Å²) >= 11 is 0. The maximum atomic E-state index is 13.1. The minimum atomic E-state index is -1.28. The molecule has 0 aromatic heterocycles. The van der Waals surface area contributed by atoms with E-state index in [1.165, 1.54) is 4.90 Å². The fourth-order valence-corrected chi connectivity index (χ4v) is 3.43. The number of amides is 4. The molecule has 1 aliphatic heterocycles. The zero-order valence-electron chi connectivity index (χ0n) is 18.0. The zero-order chi connectivity index (χ0) is 24.3. The van der Waals surface area contributed by atoms with Gasteiger partial charge in [0, 0.05) is 13.0 Å². The van der Waals surface area contributed by atoms with Gasteiger partial charge in [0.15, 0.2) is 0 Å². The number of unbranched alkanes of at least 4 members (excludes halogenated alkanes) is 1. The lowest BCUT2D eigenvalue weighted by Crippen LogP contribution is -2.57. The molecule has 1 aliphatic rings. The Balaban J connectivity index is 2.99. The normalized spacial score (nSPS) is 18.5. The van der Waals surface area contributed by atoms with Gasteiger partial charge in [-0.3, -0.25) is 19.2 Å². The number of hydrogen-bond acceptors (Lipinski definition) is 8. The summed E-state index contributed by atoms with van der Waals surface area (Å²) in [5, 5.41) is 23.3. The minimum absolute atomic E-state index is 0.143. The molecule has 1 rings (SSSR count). The van der Waals surface area contributed by atoms with Crippen molar-refractivity contribution >= 4 is 29.6 Å². The van der Waals surface area contributed by atoms with Crippen LogP contribution in [0.5, 0.6) is 0 Å². The first-order valence-corrected chi connectivity index (χ1v) is 10.6. The molecule has 13 nitrogen and oxygen atoms in total. The molecule has 0 aliphatic carbocycles. The molecule has 1 heterocycles. The Labute approximate surface area is 186 Å². The van der Waals surface area contributed by atoms with Gasteiger partial charge >= 0.3 is 5.97 Å². The average Bonchev–Trinajstić information content (AvgIpc) is 3.24. The molecule has 0 radical (unpaired) electrons. The number of rotatable bonds is 14. The van der Waals surface area contributed by atoms with Crippen molar-refractivity contribution in [3.63, 3.8) is 0 Å². The molecule has 0 saturated carbocycles. The topological polar surface area (TPSA) is 231 Å². The van der Waals surface area contributed by atoms with Gasteiger partial charge in [-0.05, 0) is 45.1 Å². The average molecular weight is 459 g/mol. The summed E-state index contributed by atoms with van der Waals surface area (Å²) < 4.78 is 0. The summed E-state index contributed by atoms with van der Waals surface area (Å²) in [4.78, 5) is 61.9. The van der Waals surface area contributed by atoms with E-state index in [4.69, 9.17) is 22.3 Å². The smallest absolute Gasteiger partial charge is 0.326 e. The van der Waals surface area contributed by atoms with Crippen LogP contribution in [0.1, 0.15) is 44.9 Å². The molecule has 0 aromatic rings. The number of primary amides is 1. The van der Waals surface area contributed by atoms with Crippen LogP contribution in [-0.2, 0) is 24.0 Å². The highest BCUT2D eigenvalue weighted by atomic mass is 16.4. The molecule has 13 heteroatoms. The largest absolute Gasteiger partial charge is 0.480 e. The second-order valence-corrected chi connectivity index (χ2v) is 7.73. The summed E-state index contributed by atoms with van der Waals surface area (Å²) in [5.41, 5.74) is 16.1. The number of aliphatic hydroxyl groups is 1. The summed E-state index contributed by atoms with van der Waals surface area (Å²) in [6, 6.07) is -4.51. The highest BCUT2D eigenvalue weighted by Gasteiger charge is 2.38. The first kappa shape index (κ1) is 27.3. The molecule has 4 amide bonds. The van der Waals surface area contributed by atoms with Crippen LogP contribution in [0.4, 0.5) is 0 Å². The molecule has 4 atom stereocenters. The van der Waals surface area contributed by atoms with Crippen LogP contribution in [0.15, 0.2) is 0 Å². The third-order valence-electron chi connectivity index (χ3n) is 5.23. The van der Waals surface area contributed by atoms with E-state index in [1.54, 1.807) is 0 Å². The molecule has 182 valence electrons. The maximum absolute atomic E-state index is 13.1. The molecule has 1 fully saturated rings. The Kier molecular flexibility index (Phi) is 11.6. The fourth-order valence-electron chi connectivity index (χ4n) is 3.43.